The second kappa shape index (κ2) is 8.35. The van der Waals surface area contributed by atoms with E-state index in [9.17, 15) is 0 Å². The Morgan fingerprint density at radius 2 is 1.68 bits per heavy atom. The molecule has 0 unspecified atom stereocenters. The highest BCUT2D eigenvalue weighted by molar-refractivity contribution is 5.87. The summed E-state index contributed by atoms with van der Waals surface area (Å²) in [4.78, 5) is 16.5. The molecule has 31 heavy (non-hydrogen) atoms. The van der Waals surface area contributed by atoms with Crippen LogP contribution in [0, 0.1) is 0 Å². The molecule has 0 radical (unpaired) electrons. The summed E-state index contributed by atoms with van der Waals surface area (Å²) in [6, 6.07) is 12.8. The van der Waals surface area contributed by atoms with Gasteiger partial charge in [0.15, 0.2) is 0 Å². The predicted molar refractivity (Wildman–Crippen MR) is 129 cm³/mol. The van der Waals surface area contributed by atoms with Gasteiger partial charge in [0.2, 0.25) is 5.95 Å². The van der Waals surface area contributed by atoms with Crippen LogP contribution in [0.4, 0.5) is 23.0 Å². The normalized spacial score (nSPS) is 18.1. The zero-order valence-electron chi connectivity index (χ0n) is 18.6. The Balaban J connectivity index is 1.43. The Kier molecular flexibility index (Phi) is 5.40. The van der Waals surface area contributed by atoms with E-state index >= 15 is 0 Å². The monoisotopic (exact) mass is 416 g/mol. The van der Waals surface area contributed by atoms with E-state index < -0.39 is 0 Å². The van der Waals surface area contributed by atoms with Gasteiger partial charge in [-0.15, -0.1) is 0 Å². The number of aromatic nitrogens is 2. The van der Waals surface area contributed by atoms with Crippen molar-refractivity contribution in [2.24, 2.45) is 0 Å². The lowest BCUT2D eigenvalue weighted by atomic mass is 9.93. The minimum absolute atomic E-state index is 0.514. The van der Waals surface area contributed by atoms with E-state index in [0.717, 1.165) is 48.5 Å². The molecular formula is C25H32N6. The van der Waals surface area contributed by atoms with Crippen LogP contribution in [-0.2, 0) is 0 Å². The minimum atomic E-state index is 0.514. The largest absolute Gasteiger partial charge is 0.398 e. The number of likely N-dealkylation sites (N-methyl/N-ethyl adjacent to an activating group) is 1. The second-order valence-corrected chi connectivity index (χ2v) is 9.02. The van der Waals surface area contributed by atoms with E-state index in [-0.39, 0.29) is 0 Å². The molecule has 1 aliphatic heterocycles. The van der Waals surface area contributed by atoms with Crippen LogP contribution in [0.25, 0.3) is 10.9 Å². The maximum absolute atomic E-state index is 6.42. The highest BCUT2D eigenvalue weighted by Crippen LogP contribution is 2.40. The summed E-state index contributed by atoms with van der Waals surface area (Å²) in [5.41, 5.74) is 11.9. The molecule has 0 atom stereocenters. The maximum atomic E-state index is 6.42. The number of nitrogen functional groups attached to an aromatic ring is 1. The van der Waals surface area contributed by atoms with Crippen LogP contribution in [-0.4, -0.2) is 55.1 Å². The summed E-state index contributed by atoms with van der Waals surface area (Å²) >= 11 is 0. The van der Waals surface area contributed by atoms with Crippen molar-refractivity contribution in [2.45, 2.75) is 31.6 Å². The lowest BCUT2D eigenvalue weighted by molar-refractivity contribution is 0.313. The Morgan fingerprint density at radius 3 is 2.39 bits per heavy atom. The Labute approximate surface area is 184 Å². The maximum Gasteiger partial charge on any atom is 0.230 e. The fourth-order valence-corrected chi connectivity index (χ4v) is 5.00. The molecular weight excluding hydrogens is 384 g/mol. The van der Waals surface area contributed by atoms with Crippen molar-refractivity contribution < 1.29 is 0 Å². The first kappa shape index (κ1) is 20.1. The third-order valence-electron chi connectivity index (χ3n) is 6.98. The number of nitrogens with zero attached hydrogens (tertiary/aromatic N) is 5. The highest BCUT2D eigenvalue weighted by atomic mass is 15.3. The van der Waals surface area contributed by atoms with Crippen molar-refractivity contribution in [3.8, 4) is 0 Å². The smallest absolute Gasteiger partial charge is 0.230 e. The lowest BCUT2D eigenvalue weighted by Crippen LogP contribution is -2.44. The molecule has 0 bridgehead atoms. The number of piperazine rings is 1. The molecule has 0 amide bonds. The van der Waals surface area contributed by atoms with E-state index in [1.807, 2.05) is 25.4 Å². The molecule has 2 N–H and O–H groups in total. The van der Waals surface area contributed by atoms with Gasteiger partial charge in [-0.05, 0) is 62.2 Å². The standard InChI is InChI=1S/C25H32N6/c1-29-13-15-31(16-14-29)21-10-8-20(9-11-21)30(2)25-27-17-19-7-12-22(26)23(24(19)28-25)18-5-3-4-6-18/h7-12,17-18H,3-6,13-16,26H2,1-2H3. The molecule has 2 aliphatic rings. The Bertz CT molecular complexity index is 1050. The molecule has 1 saturated heterocycles. The van der Waals surface area contributed by atoms with E-state index in [4.69, 9.17) is 10.7 Å². The molecule has 5 rings (SSSR count). The molecule has 162 valence electrons. The van der Waals surface area contributed by atoms with Crippen molar-refractivity contribution in [3.05, 3.63) is 48.2 Å². The van der Waals surface area contributed by atoms with Crippen LogP contribution in [0.1, 0.15) is 37.2 Å². The van der Waals surface area contributed by atoms with Crippen LogP contribution in [0.15, 0.2) is 42.6 Å². The van der Waals surface area contributed by atoms with Gasteiger partial charge in [0, 0.05) is 67.4 Å². The first-order valence-corrected chi connectivity index (χ1v) is 11.4. The number of nitrogens with two attached hydrogens (primary N) is 1. The average Bonchev–Trinajstić information content (AvgIpc) is 3.33. The van der Waals surface area contributed by atoms with Crippen LogP contribution in [0.3, 0.4) is 0 Å². The quantitative estimate of drug-likeness (QED) is 0.637. The summed E-state index contributed by atoms with van der Waals surface area (Å²) in [6.07, 6.45) is 6.89. The molecule has 2 fully saturated rings. The van der Waals surface area contributed by atoms with Gasteiger partial charge in [0.05, 0.1) is 5.52 Å². The van der Waals surface area contributed by atoms with Gasteiger partial charge in [0.25, 0.3) is 0 Å². The molecule has 0 spiro atoms. The van der Waals surface area contributed by atoms with Crippen LogP contribution < -0.4 is 15.5 Å². The molecule has 2 aromatic carbocycles. The lowest BCUT2D eigenvalue weighted by Gasteiger charge is -2.34. The summed E-state index contributed by atoms with van der Waals surface area (Å²) in [7, 11) is 4.22. The molecule has 2 heterocycles. The SMILES string of the molecule is CN1CCN(c2ccc(N(C)c3ncc4ccc(N)c(C5CCCC5)c4n3)cc2)CC1. The van der Waals surface area contributed by atoms with E-state index in [1.165, 1.54) is 36.9 Å². The summed E-state index contributed by atoms with van der Waals surface area (Å²) in [6.45, 7) is 4.37. The van der Waals surface area contributed by atoms with E-state index in [0.29, 0.717) is 11.9 Å². The van der Waals surface area contributed by atoms with Gasteiger partial charge >= 0.3 is 0 Å². The van der Waals surface area contributed by atoms with Gasteiger partial charge < -0.3 is 20.4 Å². The summed E-state index contributed by atoms with van der Waals surface area (Å²) < 4.78 is 0. The van der Waals surface area contributed by atoms with Crippen LogP contribution in [0.5, 0.6) is 0 Å². The van der Waals surface area contributed by atoms with Crippen molar-refractivity contribution in [2.75, 3.05) is 55.8 Å². The van der Waals surface area contributed by atoms with Gasteiger partial charge in [-0.1, -0.05) is 12.8 Å². The fraction of sp³-hybridized carbons (Fsp3) is 0.440. The number of hydrogen-bond donors (Lipinski definition) is 1. The van der Waals surface area contributed by atoms with Crippen molar-refractivity contribution in [1.82, 2.24) is 14.9 Å². The first-order chi connectivity index (χ1) is 15.1. The van der Waals surface area contributed by atoms with Crippen LogP contribution in [0.2, 0.25) is 0 Å². The molecule has 1 saturated carbocycles. The van der Waals surface area contributed by atoms with Crippen molar-refractivity contribution in [1.29, 1.82) is 0 Å². The topological polar surface area (TPSA) is 61.5 Å². The molecule has 1 aliphatic carbocycles. The third-order valence-corrected chi connectivity index (χ3v) is 6.98. The third kappa shape index (κ3) is 3.92. The predicted octanol–water partition coefficient (Wildman–Crippen LogP) is 4.39. The molecule has 6 nitrogen and oxygen atoms in total. The number of anilines is 4. The van der Waals surface area contributed by atoms with Gasteiger partial charge in [0.1, 0.15) is 0 Å². The number of fused-ring (bicyclic) bond motifs is 1. The fourth-order valence-electron chi connectivity index (χ4n) is 5.00. The summed E-state index contributed by atoms with van der Waals surface area (Å²) in [5.74, 6) is 1.23. The van der Waals surface area contributed by atoms with E-state index in [1.54, 1.807) is 0 Å². The summed E-state index contributed by atoms with van der Waals surface area (Å²) in [5, 5.41) is 1.07. The number of rotatable bonds is 4. The number of benzene rings is 2. The zero-order chi connectivity index (χ0) is 21.4. The Hall–Kier alpha value is -2.86. The minimum Gasteiger partial charge on any atom is -0.398 e. The van der Waals surface area contributed by atoms with Crippen molar-refractivity contribution >= 4 is 33.9 Å². The average molecular weight is 417 g/mol. The van der Waals surface area contributed by atoms with Crippen LogP contribution >= 0.6 is 0 Å². The van der Waals surface area contributed by atoms with Gasteiger partial charge in [-0.3, -0.25) is 0 Å². The zero-order valence-corrected chi connectivity index (χ0v) is 18.6. The van der Waals surface area contributed by atoms with Crippen molar-refractivity contribution in [3.63, 3.8) is 0 Å². The highest BCUT2D eigenvalue weighted by Gasteiger charge is 2.23. The van der Waals surface area contributed by atoms with E-state index in [2.05, 4.69) is 51.0 Å². The van der Waals surface area contributed by atoms with Gasteiger partial charge in [-0.25, -0.2) is 9.97 Å². The number of hydrogen-bond acceptors (Lipinski definition) is 6. The molecule has 1 aromatic heterocycles. The first-order valence-electron chi connectivity index (χ1n) is 11.4. The second-order valence-electron chi connectivity index (χ2n) is 9.02. The molecule has 6 heteroatoms. The van der Waals surface area contributed by atoms with Gasteiger partial charge in [-0.2, -0.15) is 0 Å². The Morgan fingerprint density at radius 1 is 0.968 bits per heavy atom. The molecule has 3 aromatic rings.